The number of nitrogens with two attached hydrogens (primary N) is 1. The Morgan fingerprint density at radius 2 is 1.94 bits per heavy atom. The number of thiophene rings is 1. The third-order valence-electron chi connectivity index (χ3n) is 2.86. The lowest BCUT2D eigenvalue weighted by atomic mass is 9.94. The highest BCUT2D eigenvalue weighted by atomic mass is 32.1. The maximum Gasteiger partial charge on any atom is 0.00517 e. The van der Waals surface area contributed by atoms with Gasteiger partial charge in [-0.1, -0.05) is 35.9 Å². The molecular formula is C14H17NS. The van der Waals surface area contributed by atoms with Gasteiger partial charge < -0.3 is 5.73 Å². The minimum Gasteiger partial charge on any atom is -0.330 e. The fraction of sp³-hybridized carbons (Fsp3) is 0.286. The van der Waals surface area contributed by atoms with E-state index in [-0.39, 0.29) is 0 Å². The number of benzene rings is 1. The minimum absolute atomic E-state index is 0.444. The molecule has 0 amide bonds. The van der Waals surface area contributed by atoms with Gasteiger partial charge in [-0.3, -0.25) is 0 Å². The minimum atomic E-state index is 0.444. The Morgan fingerprint density at radius 3 is 2.50 bits per heavy atom. The molecule has 0 fully saturated rings. The van der Waals surface area contributed by atoms with E-state index in [0.717, 1.165) is 6.42 Å². The van der Waals surface area contributed by atoms with E-state index in [2.05, 4.69) is 48.7 Å². The highest BCUT2D eigenvalue weighted by molar-refractivity contribution is 7.09. The van der Waals surface area contributed by atoms with Crippen LogP contribution in [0.4, 0.5) is 0 Å². The van der Waals surface area contributed by atoms with Crippen LogP contribution in [0, 0.1) is 6.92 Å². The van der Waals surface area contributed by atoms with Gasteiger partial charge >= 0.3 is 0 Å². The van der Waals surface area contributed by atoms with Crippen molar-refractivity contribution in [2.75, 3.05) is 6.54 Å². The predicted octanol–water partition coefficient (Wildman–Crippen LogP) is 3.34. The van der Waals surface area contributed by atoms with Crippen LogP contribution in [0.1, 0.15) is 21.9 Å². The lowest BCUT2D eigenvalue weighted by Crippen LogP contribution is -2.14. The molecule has 2 N–H and O–H groups in total. The molecule has 1 atom stereocenters. The molecule has 2 rings (SSSR count). The average molecular weight is 231 g/mol. The summed E-state index contributed by atoms with van der Waals surface area (Å²) in [6.07, 6.45) is 1.05. The molecule has 2 aromatic rings. The van der Waals surface area contributed by atoms with E-state index in [9.17, 15) is 0 Å². The lowest BCUT2D eigenvalue weighted by Gasteiger charge is -2.14. The highest BCUT2D eigenvalue weighted by Gasteiger charge is 2.10. The van der Waals surface area contributed by atoms with Crippen LogP contribution in [-0.2, 0) is 6.42 Å². The highest BCUT2D eigenvalue weighted by Crippen LogP contribution is 2.22. The molecule has 0 aliphatic rings. The van der Waals surface area contributed by atoms with Crippen molar-refractivity contribution in [3.8, 4) is 0 Å². The van der Waals surface area contributed by atoms with Crippen LogP contribution >= 0.6 is 11.3 Å². The number of hydrogen-bond donors (Lipinski definition) is 1. The Kier molecular flexibility index (Phi) is 3.75. The topological polar surface area (TPSA) is 26.0 Å². The zero-order valence-electron chi connectivity index (χ0n) is 9.52. The molecule has 0 bridgehead atoms. The molecule has 1 unspecified atom stereocenters. The summed E-state index contributed by atoms with van der Waals surface area (Å²) in [6.45, 7) is 2.82. The van der Waals surface area contributed by atoms with Crippen LogP contribution < -0.4 is 5.73 Å². The van der Waals surface area contributed by atoms with Crippen molar-refractivity contribution < 1.29 is 0 Å². The molecule has 1 aromatic carbocycles. The van der Waals surface area contributed by atoms with Gasteiger partial charge in [-0.2, -0.15) is 0 Å². The summed E-state index contributed by atoms with van der Waals surface area (Å²) in [6, 6.07) is 13.0. The SMILES string of the molecule is Cc1ccc(C(CN)Cc2cccs2)cc1. The molecular weight excluding hydrogens is 214 g/mol. The summed E-state index contributed by atoms with van der Waals surface area (Å²) in [7, 11) is 0. The molecule has 0 saturated carbocycles. The fourth-order valence-corrected chi connectivity index (χ4v) is 2.63. The van der Waals surface area contributed by atoms with Crippen LogP contribution in [0.15, 0.2) is 41.8 Å². The summed E-state index contributed by atoms with van der Waals surface area (Å²) in [4.78, 5) is 1.41. The largest absolute Gasteiger partial charge is 0.330 e. The summed E-state index contributed by atoms with van der Waals surface area (Å²) < 4.78 is 0. The molecule has 0 radical (unpaired) electrons. The number of aryl methyl sites for hydroxylation is 1. The van der Waals surface area contributed by atoms with E-state index in [1.165, 1.54) is 16.0 Å². The normalized spacial score (nSPS) is 12.6. The van der Waals surface area contributed by atoms with E-state index in [1.807, 2.05) is 11.3 Å². The van der Waals surface area contributed by atoms with Crippen molar-refractivity contribution in [1.82, 2.24) is 0 Å². The van der Waals surface area contributed by atoms with Crippen LogP contribution in [0.5, 0.6) is 0 Å². The molecule has 84 valence electrons. The Bertz CT molecular complexity index is 417. The molecule has 0 spiro atoms. The first-order valence-corrected chi connectivity index (χ1v) is 6.46. The van der Waals surface area contributed by atoms with E-state index < -0.39 is 0 Å². The van der Waals surface area contributed by atoms with Gasteiger partial charge in [-0.15, -0.1) is 11.3 Å². The van der Waals surface area contributed by atoms with Gasteiger partial charge in [0.2, 0.25) is 0 Å². The second-order valence-corrected chi connectivity index (χ2v) is 5.16. The van der Waals surface area contributed by atoms with Gasteiger partial charge in [-0.25, -0.2) is 0 Å². The number of rotatable bonds is 4. The lowest BCUT2D eigenvalue weighted by molar-refractivity contribution is 0.701. The van der Waals surface area contributed by atoms with Gasteiger partial charge in [0.1, 0.15) is 0 Å². The number of hydrogen-bond acceptors (Lipinski definition) is 2. The second kappa shape index (κ2) is 5.28. The monoisotopic (exact) mass is 231 g/mol. The average Bonchev–Trinajstić information content (AvgIpc) is 2.80. The standard InChI is InChI=1S/C14H17NS/c1-11-4-6-12(7-5-11)13(10-15)9-14-3-2-8-16-14/h2-8,13H,9-10,15H2,1H3. The summed E-state index contributed by atoms with van der Waals surface area (Å²) in [5, 5.41) is 2.12. The van der Waals surface area contributed by atoms with Gasteiger partial charge in [0, 0.05) is 10.8 Å². The van der Waals surface area contributed by atoms with Gasteiger partial charge in [-0.05, 0) is 36.9 Å². The Labute approximate surface area is 101 Å². The quantitative estimate of drug-likeness (QED) is 0.858. The van der Waals surface area contributed by atoms with Gasteiger partial charge in [0.05, 0.1) is 0 Å². The van der Waals surface area contributed by atoms with Crippen molar-refractivity contribution in [1.29, 1.82) is 0 Å². The third-order valence-corrected chi connectivity index (χ3v) is 3.76. The van der Waals surface area contributed by atoms with E-state index in [1.54, 1.807) is 0 Å². The van der Waals surface area contributed by atoms with E-state index >= 15 is 0 Å². The fourth-order valence-electron chi connectivity index (χ4n) is 1.85. The van der Waals surface area contributed by atoms with E-state index in [4.69, 9.17) is 5.73 Å². The summed E-state index contributed by atoms with van der Waals surface area (Å²) in [5.74, 6) is 0.444. The van der Waals surface area contributed by atoms with Crippen LogP contribution in [0.25, 0.3) is 0 Å². The predicted molar refractivity (Wildman–Crippen MR) is 71.0 cm³/mol. The molecule has 1 heterocycles. The first-order valence-electron chi connectivity index (χ1n) is 5.58. The zero-order valence-corrected chi connectivity index (χ0v) is 10.3. The van der Waals surface area contributed by atoms with Crippen molar-refractivity contribution in [3.63, 3.8) is 0 Å². The molecule has 16 heavy (non-hydrogen) atoms. The Morgan fingerprint density at radius 1 is 1.19 bits per heavy atom. The molecule has 0 aliphatic carbocycles. The summed E-state index contributed by atoms with van der Waals surface area (Å²) in [5.41, 5.74) is 8.51. The first-order chi connectivity index (χ1) is 7.79. The smallest absolute Gasteiger partial charge is 0.00517 e. The van der Waals surface area contributed by atoms with Gasteiger partial charge in [0.15, 0.2) is 0 Å². The van der Waals surface area contributed by atoms with Gasteiger partial charge in [0.25, 0.3) is 0 Å². The zero-order chi connectivity index (χ0) is 11.4. The van der Waals surface area contributed by atoms with Crippen molar-refractivity contribution in [3.05, 3.63) is 57.8 Å². The van der Waals surface area contributed by atoms with Crippen LogP contribution in [0.3, 0.4) is 0 Å². The van der Waals surface area contributed by atoms with Crippen LogP contribution in [0.2, 0.25) is 0 Å². The maximum atomic E-state index is 5.86. The first kappa shape index (κ1) is 11.4. The van der Waals surface area contributed by atoms with Crippen LogP contribution in [-0.4, -0.2) is 6.54 Å². The molecule has 0 saturated heterocycles. The van der Waals surface area contributed by atoms with E-state index in [0.29, 0.717) is 12.5 Å². The second-order valence-electron chi connectivity index (χ2n) is 4.13. The summed E-state index contributed by atoms with van der Waals surface area (Å²) >= 11 is 1.81. The van der Waals surface area contributed by atoms with Crippen molar-refractivity contribution in [2.45, 2.75) is 19.3 Å². The molecule has 1 aromatic heterocycles. The molecule has 0 aliphatic heterocycles. The Hall–Kier alpha value is -1.12. The maximum absolute atomic E-state index is 5.86. The molecule has 2 heteroatoms. The third kappa shape index (κ3) is 2.71. The van der Waals surface area contributed by atoms with Crippen molar-refractivity contribution >= 4 is 11.3 Å². The molecule has 1 nitrogen and oxygen atoms in total. The Balaban J connectivity index is 2.13. The van der Waals surface area contributed by atoms with Crippen molar-refractivity contribution in [2.24, 2.45) is 5.73 Å².